The molecule has 180 valence electrons. The van der Waals surface area contributed by atoms with Crippen LogP contribution in [0.15, 0.2) is 54.6 Å². The van der Waals surface area contributed by atoms with Gasteiger partial charge in [-0.15, -0.1) is 0 Å². The van der Waals surface area contributed by atoms with E-state index in [-0.39, 0.29) is 24.1 Å². The Kier molecular flexibility index (Phi) is 9.29. The third kappa shape index (κ3) is 7.55. The number of sulfonamides is 1. The Morgan fingerprint density at radius 2 is 1.76 bits per heavy atom. The van der Waals surface area contributed by atoms with Gasteiger partial charge < -0.3 is 15.0 Å². The van der Waals surface area contributed by atoms with E-state index in [1.807, 2.05) is 54.6 Å². The van der Waals surface area contributed by atoms with Gasteiger partial charge in [-0.1, -0.05) is 49.4 Å². The second kappa shape index (κ2) is 12.2. The highest BCUT2D eigenvalue weighted by Gasteiger charge is 2.26. The number of carbonyl (C=O) groups is 1. The molecule has 1 heterocycles. The van der Waals surface area contributed by atoms with E-state index in [0.29, 0.717) is 45.6 Å². The van der Waals surface area contributed by atoms with E-state index < -0.39 is 10.0 Å². The van der Waals surface area contributed by atoms with Crippen molar-refractivity contribution in [1.29, 1.82) is 0 Å². The van der Waals surface area contributed by atoms with Crippen LogP contribution in [0.4, 0.5) is 0 Å². The fraction of sp³-hybridized carbons (Fsp3) is 0.480. The van der Waals surface area contributed by atoms with Gasteiger partial charge in [-0.2, -0.15) is 4.31 Å². The van der Waals surface area contributed by atoms with E-state index >= 15 is 0 Å². The molecule has 0 radical (unpaired) electrons. The fourth-order valence-electron chi connectivity index (χ4n) is 4.01. The molecule has 0 bridgehead atoms. The zero-order valence-electron chi connectivity index (χ0n) is 19.6. The molecule has 1 N–H and O–H groups in total. The van der Waals surface area contributed by atoms with Crippen molar-refractivity contribution >= 4 is 15.9 Å². The Balaban J connectivity index is 1.66. The molecule has 3 rings (SSSR count). The molecule has 2 aromatic carbocycles. The molecule has 1 saturated heterocycles. The summed E-state index contributed by atoms with van der Waals surface area (Å²) in [7, 11) is -1.78. The molecule has 7 nitrogen and oxygen atoms in total. The highest BCUT2D eigenvalue weighted by atomic mass is 32.2. The van der Waals surface area contributed by atoms with E-state index in [0.717, 1.165) is 16.9 Å². The van der Waals surface area contributed by atoms with Crippen molar-refractivity contribution in [3.8, 4) is 5.75 Å². The fourth-order valence-corrected chi connectivity index (χ4v) is 5.46. The molecule has 0 aliphatic carbocycles. The molecule has 0 unspecified atom stereocenters. The molecule has 0 spiro atoms. The molecule has 1 aliphatic heterocycles. The first-order valence-corrected chi connectivity index (χ1v) is 13.1. The Morgan fingerprint density at radius 1 is 1.09 bits per heavy atom. The lowest BCUT2D eigenvalue weighted by atomic mass is 10.0. The average Bonchev–Trinajstić information content (AvgIpc) is 2.86. The number of methoxy groups -OCH3 is 1. The molecule has 2 aromatic rings. The van der Waals surface area contributed by atoms with E-state index in [9.17, 15) is 13.2 Å². The third-order valence-electron chi connectivity index (χ3n) is 6.09. The van der Waals surface area contributed by atoms with E-state index in [2.05, 4.69) is 12.2 Å². The summed E-state index contributed by atoms with van der Waals surface area (Å²) in [6.45, 7) is 5.04. The number of carbonyl (C=O) groups excluding carboxylic acids is 1. The number of amides is 1. The number of piperazine rings is 1. The predicted molar refractivity (Wildman–Crippen MR) is 131 cm³/mol. The Labute approximate surface area is 197 Å². The molecule has 0 saturated carbocycles. The number of hydrogen-bond acceptors (Lipinski definition) is 5. The van der Waals surface area contributed by atoms with Crippen LogP contribution in [0.3, 0.4) is 0 Å². The minimum absolute atomic E-state index is 0.0240. The monoisotopic (exact) mass is 473 g/mol. The SMILES string of the molecule is COc1ccc(CCC(=O)N(CCS(=O)(=O)N2CCNCC2)C[C@@H](C)c2ccccc2)cc1. The van der Waals surface area contributed by atoms with Crippen molar-refractivity contribution in [3.05, 3.63) is 65.7 Å². The maximum atomic E-state index is 13.2. The van der Waals surface area contributed by atoms with Crippen LogP contribution >= 0.6 is 0 Å². The van der Waals surface area contributed by atoms with Gasteiger partial charge in [0.2, 0.25) is 15.9 Å². The summed E-state index contributed by atoms with van der Waals surface area (Å²) in [6, 6.07) is 17.7. The topological polar surface area (TPSA) is 79.0 Å². The largest absolute Gasteiger partial charge is 0.497 e. The predicted octanol–water partition coefficient (Wildman–Crippen LogP) is 2.50. The minimum atomic E-state index is -3.40. The van der Waals surface area contributed by atoms with Crippen molar-refractivity contribution in [2.24, 2.45) is 0 Å². The van der Waals surface area contributed by atoms with E-state index in [1.165, 1.54) is 4.31 Å². The quantitative estimate of drug-likeness (QED) is 0.543. The number of nitrogens with zero attached hydrogens (tertiary/aromatic N) is 2. The first kappa shape index (κ1) is 25.2. The van der Waals surface area contributed by atoms with Gasteiger partial charge in [0.15, 0.2) is 0 Å². The van der Waals surface area contributed by atoms with Crippen molar-refractivity contribution in [3.63, 3.8) is 0 Å². The number of aryl methyl sites for hydroxylation is 1. The van der Waals surface area contributed by atoms with Crippen LogP contribution in [0.5, 0.6) is 5.75 Å². The van der Waals surface area contributed by atoms with Crippen LogP contribution in [0.25, 0.3) is 0 Å². The van der Waals surface area contributed by atoms with Crippen LogP contribution in [0, 0.1) is 0 Å². The van der Waals surface area contributed by atoms with Gasteiger partial charge in [-0.05, 0) is 35.6 Å². The molecular formula is C25H35N3O4S. The molecule has 0 aromatic heterocycles. The van der Waals surface area contributed by atoms with Gasteiger partial charge >= 0.3 is 0 Å². The third-order valence-corrected chi connectivity index (χ3v) is 7.94. The van der Waals surface area contributed by atoms with E-state index in [1.54, 1.807) is 12.0 Å². The maximum absolute atomic E-state index is 13.2. The number of hydrogen-bond donors (Lipinski definition) is 1. The molecule has 1 aliphatic rings. The number of ether oxygens (including phenoxy) is 1. The molecule has 1 amide bonds. The summed E-state index contributed by atoms with van der Waals surface area (Å²) in [5.41, 5.74) is 2.18. The maximum Gasteiger partial charge on any atom is 0.222 e. The summed E-state index contributed by atoms with van der Waals surface area (Å²) >= 11 is 0. The van der Waals surface area contributed by atoms with Crippen molar-refractivity contribution < 1.29 is 17.9 Å². The summed E-state index contributed by atoms with van der Waals surface area (Å²) in [5, 5.41) is 3.18. The minimum Gasteiger partial charge on any atom is -0.497 e. The standard InChI is InChI=1S/C25H35N3O4S/c1-21(23-6-4-3-5-7-23)20-27(18-19-33(30,31)28-16-14-26-15-17-28)25(29)13-10-22-8-11-24(32-2)12-9-22/h3-9,11-12,21,26H,10,13-20H2,1-2H3/t21-/m1/s1. The van der Waals surface area contributed by atoms with Gasteiger partial charge in [0.25, 0.3) is 0 Å². The normalized spacial score (nSPS) is 15.7. The van der Waals surface area contributed by atoms with Crippen LogP contribution in [0.1, 0.15) is 30.4 Å². The second-order valence-corrected chi connectivity index (χ2v) is 10.6. The zero-order chi connectivity index (χ0) is 23.7. The summed E-state index contributed by atoms with van der Waals surface area (Å²) in [4.78, 5) is 14.9. The summed E-state index contributed by atoms with van der Waals surface area (Å²) in [5.74, 6) is 0.812. The van der Waals surface area contributed by atoms with Crippen molar-refractivity contribution in [1.82, 2.24) is 14.5 Å². The number of benzene rings is 2. The summed E-state index contributed by atoms with van der Waals surface area (Å²) < 4.78 is 32.4. The molecule has 8 heteroatoms. The number of rotatable bonds is 11. The average molecular weight is 474 g/mol. The van der Waals surface area contributed by atoms with Crippen molar-refractivity contribution in [2.75, 3.05) is 52.1 Å². The highest BCUT2D eigenvalue weighted by Crippen LogP contribution is 2.18. The summed E-state index contributed by atoms with van der Waals surface area (Å²) in [6.07, 6.45) is 0.936. The van der Waals surface area contributed by atoms with Crippen LogP contribution in [-0.4, -0.2) is 75.7 Å². The molecule has 33 heavy (non-hydrogen) atoms. The van der Waals surface area contributed by atoms with Gasteiger partial charge in [0.05, 0.1) is 12.9 Å². The zero-order valence-corrected chi connectivity index (χ0v) is 20.4. The van der Waals surface area contributed by atoms with Gasteiger partial charge in [-0.25, -0.2) is 8.42 Å². The first-order valence-electron chi connectivity index (χ1n) is 11.5. The lowest BCUT2D eigenvalue weighted by Gasteiger charge is -2.30. The molecular weight excluding hydrogens is 438 g/mol. The van der Waals surface area contributed by atoms with Crippen LogP contribution in [0.2, 0.25) is 0 Å². The van der Waals surface area contributed by atoms with Crippen LogP contribution < -0.4 is 10.1 Å². The van der Waals surface area contributed by atoms with E-state index in [4.69, 9.17) is 4.74 Å². The molecule has 1 fully saturated rings. The lowest BCUT2D eigenvalue weighted by Crippen LogP contribution is -2.48. The molecule has 1 atom stereocenters. The Bertz CT molecular complexity index is 974. The smallest absolute Gasteiger partial charge is 0.222 e. The Hall–Kier alpha value is -2.42. The lowest BCUT2D eigenvalue weighted by molar-refractivity contribution is -0.131. The van der Waals surface area contributed by atoms with Crippen LogP contribution in [-0.2, 0) is 21.2 Å². The Morgan fingerprint density at radius 3 is 2.39 bits per heavy atom. The van der Waals surface area contributed by atoms with Gasteiger partial charge in [-0.3, -0.25) is 4.79 Å². The number of nitrogens with one attached hydrogen (secondary N) is 1. The second-order valence-electron chi connectivity index (χ2n) is 8.46. The van der Waals surface area contributed by atoms with Gasteiger partial charge in [0.1, 0.15) is 5.75 Å². The van der Waals surface area contributed by atoms with Crippen molar-refractivity contribution in [2.45, 2.75) is 25.7 Å². The highest BCUT2D eigenvalue weighted by molar-refractivity contribution is 7.89. The first-order chi connectivity index (χ1) is 15.9. The van der Waals surface area contributed by atoms with Gasteiger partial charge in [0, 0.05) is 45.7 Å².